The summed E-state index contributed by atoms with van der Waals surface area (Å²) in [5, 5.41) is 9.90. The smallest absolute Gasteiger partial charge is 0.0807 e. The Bertz CT molecular complexity index is 349. The van der Waals surface area contributed by atoms with E-state index in [0.29, 0.717) is 0 Å². The number of rotatable bonds is 1. The predicted octanol–water partition coefficient (Wildman–Crippen LogP) is 2.97. The largest absolute Gasteiger partial charge is 0.388 e. The molecule has 2 heteroatoms. The van der Waals surface area contributed by atoms with Crippen LogP contribution < -0.4 is 0 Å². The topological polar surface area (TPSA) is 25.2 Å². The molecular formula is C13H19NO. The molecule has 0 saturated heterocycles. The van der Waals surface area contributed by atoms with Crippen LogP contribution in [0.25, 0.3) is 0 Å². The van der Waals surface area contributed by atoms with Gasteiger partial charge in [0, 0.05) is 23.5 Å². The second kappa shape index (κ2) is 3.67. The minimum Gasteiger partial charge on any atom is -0.388 e. The summed E-state index contributed by atoms with van der Waals surface area (Å²) in [7, 11) is 0. The first-order valence-corrected chi connectivity index (χ1v) is 6.24. The molecule has 0 spiro atoms. The summed E-state index contributed by atoms with van der Waals surface area (Å²) < 4.78 is 2.45. The Balaban J connectivity index is 1.95. The Morgan fingerprint density at radius 2 is 1.93 bits per heavy atom. The average molecular weight is 205 g/mol. The van der Waals surface area contributed by atoms with Crippen LogP contribution in [0.4, 0.5) is 0 Å². The van der Waals surface area contributed by atoms with E-state index in [1.165, 1.54) is 36.9 Å². The third-order valence-electron chi connectivity index (χ3n) is 4.03. The van der Waals surface area contributed by atoms with Crippen LogP contribution >= 0.6 is 0 Å². The fraction of sp³-hybridized carbons (Fsp3) is 0.692. The minimum atomic E-state index is -0.198. The first kappa shape index (κ1) is 9.46. The van der Waals surface area contributed by atoms with Crippen LogP contribution in [0, 0.1) is 0 Å². The summed E-state index contributed by atoms with van der Waals surface area (Å²) in [6.45, 7) is 0. The zero-order chi connectivity index (χ0) is 10.3. The molecule has 3 rings (SSSR count). The molecule has 1 N–H and O–H groups in total. The normalized spacial score (nSPS) is 26.9. The predicted molar refractivity (Wildman–Crippen MR) is 59.8 cm³/mol. The van der Waals surface area contributed by atoms with E-state index < -0.39 is 0 Å². The Morgan fingerprint density at radius 1 is 1.13 bits per heavy atom. The van der Waals surface area contributed by atoms with Gasteiger partial charge in [-0.3, -0.25) is 0 Å². The van der Waals surface area contributed by atoms with Crippen LogP contribution in [0.15, 0.2) is 12.3 Å². The van der Waals surface area contributed by atoms with Crippen LogP contribution in [0.5, 0.6) is 0 Å². The maximum absolute atomic E-state index is 9.90. The summed E-state index contributed by atoms with van der Waals surface area (Å²) >= 11 is 0. The van der Waals surface area contributed by atoms with Gasteiger partial charge in [-0.1, -0.05) is 12.8 Å². The van der Waals surface area contributed by atoms with E-state index in [-0.39, 0.29) is 6.10 Å². The number of fused-ring (bicyclic) bond motifs is 1. The third-order valence-corrected chi connectivity index (χ3v) is 4.03. The molecule has 1 unspecified atom stereocenters. The maximum atomic E-state index is 9.90. The molecule has 0 amide bonds. The molecule has 2 aliphatic carbocycles. The molecule has 1 fully saturated rings. The monoisotopic (exact) mass is 205 g/mol. The lowest BCUT2D eigenvalue weighted by molar-refractivity contribution is 0.155. The molecule has 1 aromatic heterocycles. The zero-order valence-corrected chi connectivity index (χ0v) is 9.15. The Labute approximate surface area is 90.9 Å². The summed E-state index contributed by atoms with van der Waals surface area (Å²) in [6, 6.07) is 2.86. The van der Waals surface area contributed by atoms with Gasteiger partial charge >= 0.3 is 0 Å². The highest BCUT2D eigenvalue weighted by Crippen LogP contribution is 2.36. The van der Waals surface area contributed by atoms with Gasteiger partial charge in [-0.2, -0.15) is 0 Å². The van der Waals surface area contributed by atoms with Crippen molar-refractivity contribution < 1.29 is 5.11 Å². The standard InChI is InChI=1S/C13H19NO/c15-13-7-3-6-12-11(13)8-9-14(12)10-4-1-2-5-10/h8-10,13,15H,1-7H2. The van der Waals surface area contributed by atoms with Crippen LogP contribution in [0.2, 0.25) is 0 Å². The number of hydrogen-bond donors (Lipinski definition) is 1. The van der Waals surface area contributed by atoms with Crippen molar-refractivity contribution in [3.05, 3.63) is 23.5 Å². The maximum Gasteiger partial charge on any atom is 0.0807 e. The molecule has 0 bridgehead atoms. The van der Waals surface area contributed by atoms with Gasteiger partial charge in [0.15, 0.2) is 0 Å². The number of aliphatic hydroxyl groups excluding tert-OH is 1. The van der Waals surface area contributed by atoms with Crippen molar-refractivity contribution in [3.8, 4) is 0 Å². The lowest BCUT2D eigenvalue weighted by atomic mass is 9.95. The molecule has 82 valence electrons. The van der Waals surface area contributed by atoms with E-state index in [1.807, 2.05) is 0 Å². The van der Waals surface area contributed by atoms with Gasteiger partial charge in [0.05, 0.1) is 6.10 Å². The van der Waals surface area contributed by atoms with E-state index in [1.54, 1.807) is 0 Å². The SMILES string of the molecule is OC1CCCc2c1ccn2C1CCCC1. The average Bonchev–Trinajstić information content (AvgIpc) is 2.85. The van der Waals surface area contributed by atoms with Gasteiger partial charge in [0.25, 0.3) is 0 Å². The fourth-order valence-corrected chi connectivity index (χ4v) is 3.22. The molecule has 1 aromatic rings. The Morgan fingerprint density at radius 3 is 2.73 bits per heavy atom. The molecule has 0 aliphatic heterocycles. The lowest BCUT2D eigenvalue weighted by Gasteiger charge is -2.23. The van der Waals surface area contributed by atoms with Crippen LogP contribution in [-0.2, 0) is 6.42 Å². The molecule has 0 radical (unpaired) electrons. The van der Waals surface area contributed by atoms with Crippen molar-refractivity contribution in [1.29, 1.82) is 0 Å². The number of aromatic nitrogens is 1. The van der Waals surface area contributed by atoms with Gasteiger partial charge in [0.1, 0.15) is 0 Å². The first-order valence-electron chi connectivity index (χ1n) is 6.24. The van der Waals surface area contributed by atoms with E-state index in [9.17, 15) is 5.11 Å². The van der Waals surface area contributed by atoms with Crippen molar-refractivity contribution in [2.24, 2.45) is 0 Å². The quantitative estimate of drug-likeness (QED) is 0.749. The molecule has 2 nitrogen and oxygen atoms in total. The van der Waals surface area contributed by atoms with Crippen molar-refractivity contribution >= 4 is 0 Å². The Hall–Kier alpha value is -0.760. The molecule has 0 aromatic carbocycles. The summed E-state index contributed by atoms with van der Waals surface area (Å²) in [4.78, 5) is 0. The molecule has 1 saturated carbocycles. The number of aliphatic hydroxyl groups is 1. The van der Waals surface area contributed by atoms with E-state index in [4.69, 9.17) is 0 Å². The number of hydrogen-bond acceptors (Lipinski definition) is 1. The fourth-order valence-electron chi connectivity index (χ4n) is 3.22. The lowest BCUT2D eigenvalue weighted by Crippen LogP contribution is -2.14. The number of nitrogens with zero attached hydrogens (tertiary/aromatic N) is 1. The van der Waals surface area contributed by atoms with E-state index in [0.717, 1.165) is 25.3 Å². The van der Waals surface area contributed by atoms with Crippen LogP contribution in [0.1, 0.15) is 61.9 Å². The van der Waals surface area contributed by atoms with Crippen molar-refractivity contribution in [2.75, 3.05) is 0 Å². The first-order chi connectivity index (χ1) is 7.36. The van der Waals surface area contributed by atoms with Gasteiger partial charge < -0.3 is 9.67 Å². The van der Waals surface area contributed by atoms with E-state index >= 15 is 0 Å². The van der Waals surface area contributed by atoms with Crippen LogP contribution in [-0.4, -0.2) is 9.67 Å². The highest BCUT2D eigenvalue weighted by Gasteiger charge is 2.25. The molecular weight excluding hydrogens is 186 g/mol. The van der Waals surface area contributed by atoms with Gasteiger partial charge in [-0.25, -0.2) is 0 Å². The molecule has 2 aliphatic rings. The summed E-state index contributed by atoms with van der Waals surface area (Å²) in [6.07, 6.45) is 10.7. The second-order valence-electron chi connectivity index (χ2n) is 4.97. The molecule has 1 atom stereocenters. The highest BCUT2D eigenvalue weighted by molar-refractivity contribution is 5.28. The Kier molecular flexibility index (Phi) is 2.32. The molecule has 15 heavy (non-hydrogen) atoms. The van der Waals surface area contributed by atoms with E-state index in [2.05, 4.69) is 16.8 Å². The highest BCUT2D eigenvalue weighted by atomic mass is 16.3. The molecule has 1 heterocycles. The van der Waals surface area contributed by atoms with Gasteiger partial charge in [0.2, 0.25) is 0 Å². The van der Waals surface area contributed by atoms with Gasteiger partial charge in [-0.05, 0) is 38.2 Å². The van der Waals surface area contributed by atoms with Crippen LogP contribution in [0.3, 0.4) is 0 Å². The summed E-state index contributed by atoms with van der Waals surface area (Å²) in [5.41, 5.74) is 2.62. The van der Waals surface area contributed by atoms with Crippen molar-refractivity contribution in [3.63, 3.8) is 0 Å². The van der Waals surface area contributed by atoms with Gasteiger partial charge in [-0.15, -0.1) is 0 Å². The van der Waals surface area contributed by atoms with Crippen molar-refractivity contribution in [2.45, 2.75) is 57.1 Å². The van der Waals surface area contributed by atoms with Crippen molar-refractivity contribution in [1.82, 2.24) is 4.57 Å². The second-order valence-corrected chi connectivity index (χ2v) is 4.97. The summed E-state index contributed by atoms with van der Waals surface area (Å²) in [5.74, 6) is 0. The minimum absolute atomic E-state index is 0.198. The zero-order valence-electron chi connectivity index (χ0n) is 9.15. The third kappa shape index (κ3) is 1.51.